The molecule has 3 amide bonds. The number of hydrogen-bond acceptors (Lipinski definition) is 6. The largest absolute Gasteiger partial charge is 0.326 e. The lowest BCUT2D eigenvalue weighted by molar-refractivity contribution is -0.114. The second-order valence-electron chi connectivity index (χ2n) is 6.71. The predicted octanol–water partition coefficient (Wildman–Crippen LogP) is 4.53. The van der Waals surface area contributed by atoms with Crippen LogP contribution in [0.3, 0.4) is 0 Å². The van der Waals surface area contributed by atoms with Crippen LogP contribution in [0.1, 0.15) is 28.5 Å². The fourth-order valence-corrected chi connectivity index (χ4v) is 4.24. The van der Waals surface area contributed by atoms with Crippen LogP contribution in [0.25, 0.3) is 0 Å². The van der Waals surface area contributed by atoms with E-state index in [-0.39, 0.29) is 23.5 Å². The first kappa shape index (κ1) is 22.5. The monoisotopic (exact) mass is 454 g/mol. The van der Waals surface area contributed by atoms with Gasteiger partial charge in [-0.25, -0.2) is 4.98 Å². The molecule has 3 N–H and O–H groups in total. The molecule has 0 aliphatic rings. The van der Waals surface area contributed by atoms with Crippen LogP contribution >= 0.6 is 23.1 Å². The van der Waals surface area contributed by atoms with Crippen molar-refractivity contribution in [3.05, 3.63) is 70.7 Å². The molecule has 0 radical (unpaired) electrons. The molecule has 2 aromatic carbocycles. The van der Waals surface area contributed by atoms with Gasteiger partial charge in [0.25, 0.3) is 5.91 Å². The third kappa shape index (κ3) is 6.94. The molecule has 0 saturated carbocycles. The molecule has 0 unspecified atom stereocenters. The van der Waals surface area contributed by atoms with Gasteiger partial charge in [0.1, 0.15) is 0 Å². The van der Waals surface area contributed by atoms with Gasteiger partial charge in [0.05, 0.1) is 11.4 Å². The number of nitrogens with one attached hydrogen (secondary N) is 3. The average molecular weight is 455 g/mol. The van der Waals surface area contributed by atoms with Crippen molar-refractivity contribution >= 4 is 57.3 Å². The number of nitrogens with zero attached hydrogens (tertiary/aromatic N) is 1. The fourth-order valence-electron chi connectivity index (χ4n) is 2.71. The highest BCUT2D eigenvalue weighted by atomic mass is 32.2. The summed E-state index contributed by atoms with van der Waals surface area (Å²) in [6.45, 7) is 3.33. The van der Waals surface area contributed by atoms with Crippen LogP contribution in [0.4, 0.5) is 16.5 Å². The number of rotatable bonds is 8. The van der Waals surface area contributed by atoms with Gasteiger partial charge >= 0.3 is 0 Å². The summed E-state index contributed by atoms with van der Waals surface area (Å²) in [6.07, 6.45) is 0. The number of anilines is 3. The van der Waals surface area contributed by atoms with Crippen molar-refractivity contribution in [2.24, 2.45) is 0 Å². The third-order valence-electron chi connectivity index (χ3n) is 4.13. The second-order valence-corrected chi connectivity index (χ2v) is 8.56. The van der Waals surface area contributed by atoms with E-state index in [1.807, 2.05) is 30.5 Å². The van der Waals surface area contributed by atoms with E-state index in [0.29, 0.717) is 27.8 Å². The highest BCUT2D eigenvalue weighted by Crippen LogP contribution is 2.21. The van der Waals surface area contributed by atoms with Crippen molar-refractivity contribution in [2.45, 2.75) is 19.6 Å². The van der Waals surface area contributed by atoms with E-state index in [1.165, 1.54) is 30.0 Å². The average Bonchev–Trinajstić information content (AvgIpc) is 3.16. The molecule has 0 saturated heterocycles. The Morgan fingerprint density at radius 2 is 1.65 bits per heavy atom. The van der Waals surface area contributed by atoms with Crippen molar-refractivity contribution in [3.63, 3.8) is 0 Å². The van der Waals surface area contributed by atoms with Crippen LogP contribution in [0.5, 0.6) is 0 Å². The molecule has 0 fully saturated rings. The number of thiazole rings is 1. The molecule has 1 heterocycles. The second kappa shape index (κ2) is 10.7. The normalized spacial score (nSPS) is 10.4. The summed E-state index contributed by atoms with van der Waals surface area (Å²) in [5.74, 6) is 0.380. The van der Waals surface area contributed by atoms with Crippen molar-refractivity contribution in [1.29, 1.82) is 0 Å². The number of carbonyl (C=O) groups is 3. The van der Waals surface area contributed by atoms with E-state index < -0.39 is 0 Å². The summed E-state index contributed by atoms with van der Waals surface area (Å²) in [6, 6.07) is 14.3. The van der Waals surface area contributed by atoms with Gasteiger partial charge in [-0.2, -0.15) is 0 Å². The molecular formula is C22H22N4O3S2. The van der Waals surface area contributed by atoms with E-state index in [1.54, 1.807) is 30.3 Å². The predicted molar refractivity (Wildman–Crippen MR) is 127 cm³/mol. The zero-order chi connectivity index (χ0) is 22.2. The van der Waals surface area contributed by atoms with Gasteiger partial charge < -0.3 is 10.6 Å². The van der Waals surface area contributed by atoms with E-state index >= 15 is 0 Å². The lowest BCUT2D eigenvalue weighted by Crippen LogP contribution is -2.14. The lowest BCUT2D eigenvalue weighted by atomic mass is 10.1. The first-order chi connectivity index (χ1) is 14.9. The highest BCUT2D eigenvalue weighted by molar-refractivity contribution is 7.99. The molecule has 0 aliphatic heterocycles. The van der Waals surface area contributed by atoms with Gasteiger partial charge in [-0.3, -0.25) is 19.7 Å². The summed E-state index contributed by atoms with van der Waals surface area (Å²) in [5, 5.41) is 10.7. The van der Waals surface area contributed by atoms with E-state index in [0.717, 1.165) is 11.3 Å². The van der Waals surface area contributed by atoms with E-state index in [2.05, 4.69) is 20.9 Å². The van der Waals surface area contributed by atoms with Crippen molar-refractivity contribution in [3.8, 4) is 0 Å². The van der Waals surface area contributed by atoms with Crippen LogP contribution in [-0.4, -0.2) is 28.5 Å². The SMILES string of the molecule is CC(=O)Nc1ccc(NC(=O)CSCc2csc(NC(=O)c3ccccc3C)n2)cc1. The maximum atomic E-state index is 12.4. The third-order valence-corrected chi connectivity index (χ3v) is 5.91. The van der Waals surface area contributed by atoms with Crippen LogP contribution in [0.15, 0.2) is 53.9 Å². The van der Waals surface area contributed by atoms with E-state index in [4.69, 9.17) is 0 Å². The van der Waals surface area contributed by atoms with Gasteiger partial charge in [0.15, 0.2) is 5.13 Å². The summed E-state index contributed by atoms with van der Waals surface area (Å²) in [7, 11) is 0. The molecule has 9 heteroatoms. The minimum Gasteiger partial charge on any atom is -0.326 e. The van der Waals surface area contributed by atoms with Gasteiger partial charge in [-0.15, -0.1) is 23.1 Å². The standard InChI is InChI=1S/C22H22N4O3S2/c1-14-5-3-4-6-19(14)21(29)26-22-25-18(12-31-22)11-30-13-20(28)24-17-9-7-16(8-10-17)23-15(2)27/h3-10,12H,11,13H2,1-2H3,(H,23,27)(H,24,28)(H,25,26,29). The Kier molecular flexibility index (Phi) is 7.80. The highest BCUT2D eigenvalue weighted by Gasteiger charge is 2.11. The maximum absolute atomic E-state index is 12.4. The molecule has 3 aromatic rings. The number of hydrogen-bond donors (Lipinski definition) is 3. The van der Waals surface area contributed by atoms with Gasteiger partial charge in [-0.05, 0) is 42.8 Å². The number of aryl methyl sites for hydroxylation is 1. The minimum absolute atomic E-state index is 0.124. The van der Waals surface area contributed by atoms with Crippen LogP contribution in [0, 0.1) is 6.92 Å². The Balaban J connectivity index is 1.43. The molecule has 0 atom stereocenters. The number of carbonyl (C=O) groups excluding carboxylic acids is 3. The maximum Gasteiger partial charge on any atom is 0.257 e. The number of thioether (sulfide) groups is 1. The summed E-state index contributed by atoms with van der Waals surface area (Å²) < 4.78 is 0. The number of amides is 3. The number of aromatic nitrogens is 1. The molecule has 3 rings (SSSR count). The Morgan fingerprint density at radius 3 is 2.32 bits per heavy atom. The van der Waals surface area contributed by atoms with Crippen molar-refractivity contribution in [2.75, 3.05) is 21.7 Å². The Bertz CT molecular complexity index is 1080. The fraction of sp³-hybridized carbons (Fsp3) is 0.182. The Hall–Kier alpha value is -3.17. The molecule has 0 bridgehead atoms. The number of benzene rings is 2. The van der Waals surface area contributed by atoms with Gasteiger partial charge in [0.2, 0.25) is 11.8 Å². The molecular weight excluding hydrogens is 432 g/mol. The first-order valence-corrected chi connectivity index (χ1v) is 11.5. The van der Waals surface area contributed by atoms with Gasteiger partial charge in [0, 0.05) is 35.0 Å². The smallest absolute Gasteiger partial charge is 0.257 e. The van der Waals surface area contributed by atoms with Crippen LogP contribution < -0.4 is 16.0 Å². The summed E-state index contributed by atoms with van der Waals surface area (Å²) in [4.78, 5) is 40.0. The lowest BCUT2D eigenvalue weighted by Gasteiger charge is -2.06. The minimum atomic E-state index is -0.185. The summed E-state index contributed by atoms with van der Waals surface area (Å²) >= 11 is 2.80. The zero-order valence-electron chi connectivity index (χ0n) is 17.1. The molecule has 7 nitrogen and oxygen atoms in total. The zero-order valence-corrected chi connectivity index (χ0v) is 18.7. The van der Waals surface area contributed by atoms with Gasteiger partial charge in [-0.1, -0.05) is 18.2 Å². The summed E-state index contributed by atoms with van der Waals surface area (Å²) in [5.41, 5.74) is 3.67. The first-order valence-electron chi connectivity index (χ1n) is 9.47. The Morgan fingerprint density at radius 1 is 0.968 bits per heavy atom. The molecule has 160 valence electrons. The quantitative estimate of drug-likeness (QED) is 0.464. The molecule has 31 heavy (non-hydrogen) atoms. The Labute approximate surface area is 188 Å². The van der Waals surface area contributed by atoms with Crippen molar-refractivity contribution in [1.82, 2.24) is 4.98 Å². The molecule has 0 aliphatic carbocycles. The van der Waals surface area contributed by atoms with Crippen LogP contribution in [-0.2, 0) is 15.3 Å². The molecule has 0 spiro atoms. The van der Waals surface area contributed by atoms with Crippen molar-refractivity contribution < 1.29 is 14.4 Å². The van der Waals surface area contributed by atoms with Crippen LogP contribution in [0.2, 0.25) is 0 Å². The van der Waals surface area contributed by atoms with E-state index in [9.17, 15) is 14.4 Å². The molecule has 1 aromatic heterocycles. The topological polar surface area (TPSA) is 100 Å².